The minimum Gasteiger partial charge on any atom is -0.497 e. The molecule has 0 spiro atoms. The van der Waals surface area contributed by atoms with Gasteiger partial charge in [-0.25, -0.2) is 0 Å². The van der Waals surface area contributed by atoms with Crippen LogP contribution in [0.4, 0.5) is 8.78 Å². The number of carbonyl (C=O) groups excluding carboxylic acids is 1. The maximum Gasteiger partial charge on any atom is 0.385 e. The lowest BCUT2D eigenvalue weighted by Gasteiger charge is -2.05. The molecule has 6 heteroatoms. The average molecular weight is 274 g/mol. The molecule has 0 aliphatic rings. The van der Waals surface area contributed by atoms with E-state index in [4.69, 9.17) is 16.3 Å². The summed E-state index contributed by atoms with van der Waals surface area (Å²) in [7, 11) is 3.12. The molecule has 2 aromatic rings. The normalized spacial score (nSPS) is 11.8. The van der Waals surface area contributed by atoms with Crippen LogP contribution in [0.3, 0.4) is 0 Å². The number of hydrogen-bond donors (Lipinski definition) is 0. The molecule has 1 aromatic carbocycles. The van der Waals surface area contributed by atoms with Gasteiger partial charge in [-0.05, 0) is 29.8 Å². The fraction of sp³-hybridized carbons (Fsp3) is 0.250. The van der Waals surface area contributed by atoms with Crippen LogP contribution in [-0.4, -0.2) is 22.8 Å². The van der Waals surface area contributed by atoms with Crippen molar-refractivity contribution in [2.24, 2.45) is 7.05 Å². The molecule has 2 rings (SSSR count). The first-order valence-corrected chi connectivity index (χ1v) is 5.47. The molecule has 0 amide bonds. The predicted octanol–water partition coefficient (Wildman–Crippen LogP) is 3.20. The predicted molar refractivity (Wildman–Crippen MR) is 64.6 cm³/mol. The maximum absolute atomic E-state index is 12.9. The number of methoxy groups -OCH3 is 1. The van der Waals surface area contributed by atoms with E-state index in [9.17, 15) is 13.6 Å². The summed E-state index contributed by atoms with van der Waals surface area (Å²) in [5.74, 6) is -0.927. The highest BCUT2D eigenvalue weighted by Crippen LogP contribution is 2.31. The summed E-state index contributed by atoms with van der Waals surface area (Å²) in [5, 5.41) is -3.51. The van der Waals surface area contributed by atoms with Gasteiger partial charge in [-0.3, -0.25) is 4.79 Å². The molecule has 0 unspecified atom stereocenters. The van der Waals surface area contributed by atoms with Crippen LogP contribution in [0, 0.1) is 0 Å². The number of hydrogen-bond acceptors (Lipinski definition) is 2. The standard InChI is InChI=1S/C12H10ClF2NO2/c1-16-6-9(11(17)12(13,14)15)8-5-7(18-2)3-4-10(8)16/h3-6H,1-2H3. The Morgan fingerprint density at radius 2 is 2.11 bits per heavy atom. The van der Waals surface area contributed by atoms with Crippen molar-refractivity contribution < 1.29 is 18.3 Å². The zero-order chi connectivity index (χ0) is 13.5. The molecular weight excluding hydrogens is 264 g/mol. The van der Waals surface area contributed by atoms with E-state index < -0.39 is 11.2 Å². The molecule has 0 aliphatic carbocycles. The lowest BCUT2D eigenvalue weighted by Crippen LogP contribution is -2.21. The SMILES string of the molecule is COc1ccc2c(c1)c(C(=O)C(F)(F)Cl)cn2C. The molecule has 3 nitrogen and oxygen atoms in total. The Labute approximate surface area is 107 Å². The smallest absolute Gasteiger partial charge is 0.385 e. The molecule has 0 fully saturated rings. The van der Waals surface area contributed by atoms with Crippen LogP contribution in [0.5, 0.6) is 5.75 Å². The van der Waals surface area contributed by atoms with E-state index in [2.05, 4.69) is 0 Å². The zero-order valence-electron chi connectivity index (χ0n) is 9.71. The van der Waals surface area contributed by atoms with Crippen molar-refractivity contribution in [2.75, 3.05) is 7.11 Å². The van der Waals surface area contributed by atoms with Crippen LogP contribution < -0.4 is 4.74 Å². The van der Waals surface area contributed by atoms with Crippen LogP contribution in [0.15, 0.2) is 24.4 Å². The minimum atomic E-state index is -3.91. The van der Waals surface area contributed by atoms with Crippen LogP contribution >= 0.6 is 11.6 Å². The lowest BCUT2D eigenvalue weighted by atomic mass is 10.1. The Hall–Kier alpha value is -1.62. The second kappa shape index (κ2) is 4.24. The number of aromatic nitrogens is 1. The van der Waals surface area contributed by atoms with Crippen LogP contribution in [0.25, 0.3) is 10.9 Å². The summed E-state index contributed by atoms with van der Waals surface area (Å²) in [5.41, 5.74) is 0.534. The van der Waals surface area contributed by atoms with Crippen molar-refractivity contribution in [3.05, 3.63) is 30.0 Å². The Morgan fingerprint density at radius 1 is 1.44 bits per heavy atom. The zero-order valence-corrected chi connectivity index (χ0v) is 10.5. The highest BCUT2D eigenvalue weighted by atomic mass is 35.5. The Bertz CT molecular complexity index is 616. The van der Waals surface area contributed by atoms with Gasteiger partial charge in [0.1, 0.15) is 5.75 Å². The summed E-state index contributed by atoms with van der Waals surface area (Å²) in [6, 6.07) is 4.91. The molecule has 18 heavy (non-hydrogen) atoms. The molecule has 1 aromatic heterocycles. The van der Waals surface area contributed by atoms with Gasteiger partial charge in [0.15, 0.2) is 0 Å². The highest BCUT2D eigenvalue weighted by Gasteiger charge is 2.38. The first kappa shape index (κ1) is 12.8. The molecule has 0 N–H and O–H groups in total. The molecule has 0 atom stereocenters. The molecule has 0 saturated carbocycles. The molecule has 0 saturated heterocycles. The van der Waals surface area contributed by atoms with Gasteiger partial charge in [-0.1, -0.05) is 0 Å². The van der Waals surface area contributed by atoms with E-state index in [1.54, 1.807) is 23.7 Å². The van der Waals surface area contributed by atoms with Crippen molar-refractivity contribution in [1.29, 1.82) is 0 Å². The first-order valence-electron chi connectivity index (χ1n) is 5.09. The second-order valence-corrected chi connectivity index (χ2v) is 4.34. The van der Waals surface area contributed by atoms with Gasteiger partial charge in [0.05, 0.1) is 12.7 Å². The van der Waals surface area contributed by atoms with Crippen molar-refractivity contribution >= 4 is 28.3 Å². The summed E-state index contributed by atoms with van der Waals surface area (Å²) in [6.45, 7) is 0. The third-order valence-electron chi connectivity index (χ3n) is 2.70. The second-order valence-electron chi connectivity index (χ2n) is 3.86. The fourth-order valence-corrected chi connectivity index (χ4v) is 1.93. The average Bonchev–Trinajstić information content (AvgIpc) is 2.64. The van der Waals surface area contributed by atoms with E-state index in [0.717, 1.165) is 0 Å². The number of aryl methyl sites for hydroxylation is 1. The Morgan fingerprint density at radius 3 is 2.67 bits per heavy atom. The number of carbonyl (C=O) groups is 1. The molecule has 0 aliphatic heterocycles. The van der Waals surface area contributed by atoms with E-state index in [0.29, 0.717) is 16.7 Å². The van der Waals surface area contributed by atoms with Crippen molar-refractivity contribution in [2.45, 2.75) is 5.38 Å². The van der Waals surface area contributed by atoms with Crippen molar-refractivity contribution in [1.82, 2.24) is 4.57 Å². The topological polar surface area (TPSA) is 31.2 Å². The van der Waals surface area contributed by atoms with E-state index in [1.165, 1.54) is 19.4 Å². The van der Waals surface area contributed by atoms with Crippen LogP contribution in [0.1, 0.15) is 10.4 Å². The van der Waals surface area contributed by atoms with Gasteiger partial charge in [0.25, 0.3) is 0 Å². The van der Waals surface area contributed by atoms with E-state index in [1.807, 2.05) is 0 Å². The Kier molecular flexibility index (Phi) is 3.02. The Balaban J connectivity index is 2.68. The number of alkyl halides is 3. The maximum atomic E-state index is 12.9. The minimum absolute atomic E-state index is 0.119. The number of benzene rings is 1. The number of halogens is 3. The van der Waals surface area contributed by atoms with E-state index in [-0.39, 0.29) is 5.56 Å². The lowest BCUT2D eigenvalue weighted by molar-refractivity contribution is 0.0538. The van der Waals surface area contributed by atoms with Crippen molar-refractivity contribution in [3.8, 4) is 5.75 Å². The van der Waals surface area contributed by atoms with Crippen LogP contribution in [-0.2, 0) is 7.05 Å². The number of Topliss-reactive ketones (excluding diaryl/α,β-unsaturated/α-hetero) is 1. The van der Waals surface area contributed by atoms with Gasteiger partial charge in [0, 0.05) is 24.1 Å². The van der Waals surface area contributed by atoms with Gasteiger partial charge in [-0.2, -0.15) is 8.78 Å². The molecule has 0 radical (unpaired) electrons. The molecular formula is C12H10ClF2NO2. The van der Waals surface area contributed by atoms with Gasteiger partial charge in [-0.15, -0.1) is 0 Å². The van der Waals surface area contributed by atoms with E-state index >= 15 is 0 Å². The number of ether oxygens (including phenoxy) is 1. The summed E-state index contributed by atoms with van der Waals surface area (Å²) < 4.78 is 32.4. The van der Waals surface area contributed by atoms with Crippen LogP contribution in [0.2, 0.25) is 0 Å². The largest absolute Gasteiger partial charge is 0.497 e. The van der Waals surface area contributed by atoms with Crippen molar-refractivity contribution in [3.63, 3.8) is 0 Å². The third-order valence-corrected chi connectivity index (χ3v) is 2.87. The third kappa shape index (κ3) is 2.06. The molecule has 96 valence electrons. The number of fused-ring (bicyclic) bond motifs is 1. The molecule has 1 heterocycles. The molecule has 0 bridgehead atoms. The van der Waals surface area contributed by atoms with Gasteiger partial charge in [0.2, 0.25) is 5.78 Å². The fourth-order valence-electron chi connectivity index (χ4n) is 1.83. The van der Waals surface area contributed by atoms with Gasteiger partial charge < -0.3 is 9.30 Å². The summed E-state index contributed by atoms with van der Waals surface area (Å²) in [4.78, 5) is 11.6. The number of rotatable bonds is 3. The summed E-state index contributed by atoms with van der Waals surface area (Å²) in [6.07, 6.45) is 1.34. The highest BCUT2D eigenvalue weighted by molar-refractivity contribution is 6.36. The number of ketones is 1. The van der Waals surface area contributed by atoms with Gasteiger partial charge >= 0.3 is 5.38 Å². The quantitative estimate of drug-likeness (QED) is 0.635. The summed E-state index contributed by atoms with van der Waals surface area (Å²) >= 11 is 4.78. The first-order chi connectivity index (χ1) is 8.34. The number of nitrogens with zero attached hydrogens (tertiary/aromatic N) is 1. The monoisotopic (exact) mass is 273 g/mol.